The zero-order valence-electron chi connectivity index (χ0n) is 15.5. The molecule has 0 atom stereocenters. The van der Waals surface area contributed by atoms with E-state index in [2.05, 4.69) is 26.8 Å². The molecule has 0 spiro atoms. The van der Waals surface area contributed by atoms with Crippen molar-refractivity contribution in [3.8, 4) is 5.75 Å². The Labute approximate surface area is 148 Å². The van der Waals surface area contributed by atoms with E-state index in [1.165, 1.54) is 5.56 Å². The molecule has 3 heteroatoms. The number of fused-ring (bicyclic) bond motifs is 1. The SMILES string of the molecule is Cc1ccc2c(CC(=O)Oc3ccc(C(C)(C)C)cc3C)coc2c1. The van der Waals surface area contributed by atoms with E-state index >= 15 is 0 Å². The molecule has 3 rings (SSSR count). The number of rotatable bonds is 3. The van der Waals surface area contributed by atoms with Gasteiger partial charge in [-0.25, -0.2) is 0 Å². The van der Waals surface area contributed by atoms with Gasteiger partial charge in [0.05, 0.1) is 12.7 Å². The van der Waals surface area contributed by atoms with Crippen molar-refractivity contribution in [1.82, 2.24) is 0 Å². The number of carbonyl (C=O) groups is 1. The highest BCUT2D eigenvalue weighted by atomic mass is 16.5. The van der Waals surface area contributed by atoms with Gasteiger partial charge in [-0.1, -0.05) is 45.0 Å². The number of hydrogen-bond donors (Lipinski definition) is 0. The van der Waals surface area contributed by atoms with Gasteiger partial charge in [-0.15, -0.1) is 0 Å². The first kappa shape index (κ1) is 17.3. The molecule has 0 N–H and O–H groups in total. The molecule has 2 aromatic carbocycles. The van der Waals surface area contributed by atoms with Crippen molar-refractivity contribution >= 4 is 16.9 Å². The molecular weight excluding hydrogens is 312 g/mol. The summed E-state index contributed by atoms with van der Waals surface area (Å²) in [5.41, 5.74) is 5.04. The summed E-state index contributed by atoms with van der Waals surface area (Å²) < 4.78 is 11.1. The fourth-order valence-electron chi connectivity index (χ4n) is 2.87. The number of esters is 1. The van der Waals surface area contributed by atoms with Crippen molar-refractivity contribution in [3.05, 3.63) is 64.9 Å². The van der Waals surface area contributed by atoms with Gasteiger partial charge in [-0.05, 0) is 48.1 Å². The summed E-state index contributed by atoms with van der Waals surface area (Å²) in [5.74, 6) is 0.330. The molecular formula is C22H24O3. The van der Waals surface area contributed by atoms with Crippen LogP contribution in [0.5, 0.6) is 5.75 Å². The number of carbonyl (C=O) groups excluding carboxylic acids is 1. The van der Waals surface area contributed by atoms with E-state index < -0.39 is 0 Å². The summed E-state index contributed by atoms with van der Waals surface area (Å²) >= 11 is 0. The molecule has 0 radical (unpaired) electrons. The van der Waals surface area contributed by atoms with Crippen LogP contribution in [0, 0.1) is 13.8 Å². The van der Waals surface area contributed by atoms with Crippen molar-refractivity contribution < 1.29 is 13.9 Å². The lowest BCUT2D eigenvalue weighted by Gasteiger charge is -2.20. The Bertz CT molecular complexity index is 926. The molecule has 0 unspecified atom stereocenters. The highest BCUT2D eigenvalue weighted by Crippen LogP contribution is 2.28. The van der Waals surface area contributed by atoms with Gasteiger partial charge in [0.2, 0.25) is 0 Å². The summed E-state index contributed by atoms with van der Waals surface area (Å²) in [4.78, 5) is 12.4. The Morgan fingerprint density at radius 2 is 1.84 bits per heavy atom. The molecule has 0 amide bonds. The summed E-state index contributed by atoms with van der Waals surface area (Å²) in [6.07, 6.45) is 1.83. The molecule has 0 aliphatic rings. The van der Waals surface area contributed by atoms with E-state index in [0.717, 1.165) is 27.7 Å². The molecule has 1 aromatic heterocycles. The molecule has 3 nitrogen and oxygen atoms in total. The van der Waals surface area contributed by atoms with Gasteiger partial charge in [-0.2, -0.15) is 0 Å². The monoisotopic (exact) mass is 336 g/mol. The molecule has 130 valence electrons. The van der Waals surface area contributed by atoms with Crippen LogP contribution in [0.4, 0.5) is 0 Å². The Morgan fingerprint density at radius 3 is 2.52 bits per heavy atom. The van der Waals surface area contributed by atoms with Crippen LogP contribution in [0.15, 0.2) is 47.1 Å². The third-order valence-electron chi connectivity index (χ3n) is 4.41. The smallest absolute Gasteiger partial charge is 0.315 e. The third kappa shape index (κ3) is 3.76. The van der Waals surface area contributed by atoms with E-state index in [0.29, 0.717) is 5.75 Å². The van der Waals surface area contributed by atoms with Crippen LogP contribution in [0.25, 0.3) is 11.0 Å². The molecule has 0 aliphatic carbocycles. The van der Waals surface area contributed by atoms with Gasteiger partial charge in [0.1, 0.15) is 11.3 Å². The van der Waals surface area contributed by atoms with E-state index in [9.17, 15) is 4.79 Å². The van der Waals surface area contributed by atoms with E-state index in [1.807, 2.05) is 44.2 Å². The van der Waals surface area contributed by atoms with Crippen molar-refractivity contribution in [2.45, 2.75) is 46.5 Å². The number of furan rings is 1. The highest BCUT2D eigenvalue weighted by Gasteiger charge is 2.17. The lowest BCUT2D eigenvalue weighted by Crippen LogP contribution is -2.14. The molecule has 3 aromatic rings. The number of ether oxygens (including phenoxy) is 1. The molecule has 1 heterocycles. The second-order valence-electron chi connectivity index (χ2n) is 7.64. The average molecular weight is 336 g/mol. The van der Waals surface area contributed by atoms with Crippen LogP contribution in [0.3, 0.4) is 0 Å². The molecule has 0 bridgehead atoms. The van der Waals surface area contributed by atoms with Gasteiger partial charge in [0.15, 0.2) is 0 Å². The second kappa shape index (κ2) is 6.40. The fraction of sp³-hybridized carbons (Fsp3) is 0.318. The van der Waals surface area contributed by atoms with Crippen LogP contribution >= 0.6 is 0 Å². The first-order chi connectivity index (χ1) is 11.7. The topological polar surface area (TPSA) is 39.4 Å². The molecule has 0 aliphatic heterocycles. The van der Waals surface area contributed by atoms with Gasteiger partial charge in [0.25, 0.3) is 0 Å². The van der Waals surface area contributed by atoms with Gasteiger partial charge in [0, 0.05) is 10.9 Å². The minimum Gasteiger partial charge on any atom is -0.464 e. The summed E-state index contributed by atoms with van der Waals surface area (Å²) in [5, 5.41) is 0.961. The maximum absolute atomic E-state index is 12.4. The third-order valence-corrected chi connectivity index (χ3v) is 4.41. The molecule has 0 fully saturated rings. The van der Waals surface area contributed by atoms with Crippen molar-refractivity contribution in [3.63, 3.8) is 0 Å². The largest absolute Gasteiger partial charge is 0.464 e. The molecule has 0 saturated heterocycles. The van der Waals surface area contributed by atoms with E-state index in [4.69, 9.17) is 9.15 Å². The minimum atomic E-state index is -0.283. The maximum Gasteiger partial charge on any atom is 0.315 e. The average Bonchev–Trinajstić information content (AvgIpc) is 2.90. The zero-order valence-corrected chi connectivity index (χ0v) is 15.5. The Balaban J connectivity index is 1.76. The first-order valence-electron chi connectivity index (χ1n) is 8.52. The van der Waals surface area contributed by atoms with E-state index in [1.54, 1.807) is 6.26 Å². The fourth-order valence-corrected chi connectivity index (χ4v) is 2.87. The lowest BCUT2D eigenvalue weighted by molar-refractivity contribution is -0.133. The van der Waals surface area contributed by atoms with Crippen LogP contribution < -0.4 is 4.74 Å². The number of benzene rings is 2. The Hall–Kier alpha value is -2.55. The normalized spacial score (nSPS) is 11.7. The predicted octanol–water partition coefficient (Wildman–Crippen LogP) is 5.50. The van der Waals surface area contributed by atoms with Crippen molar-refractivity contribution in [2.24, 2.45) is 0 Å². The lowest BCUT2D eigenvalue weighted by atomic mass is 9.86. The number of hydrogen-bond acceptors (Lipinski definition) is 3. The summed E-state index contributed by atoms with van der Waals surface area (Å²) in [6.45, 7) is 10.5. The van der Waals surface area contributed by atoms with Crippen LogP contribution in [-0.4, -0.2) is 5.97 Å². The Kier molecular flexibility index (Phi) is 4.42. The number of aryl methyl sites for hydroxylation is 2. The summed E-state index contributed by atoms with van der Waals surface area (Å²) in [6, 6.07) is 12.0. The van der Waals surface area contributed by atoms with Crippen LogP contribution in [-0.2, 0) is 16.6 Å². The second-order valence-corrected chi connectivity index (χ2v) is 7.64. The Morgan fingerprint density at radius 1 is 1.08 bits per heavy atom. The van der Waals surface area contributed by atoms with Crippen molar-refractivity contribution in [2.75, 3.05) is 0 Å². The zero-order chi connectivity index (χ0) is 18.2. The summed E-state index contributed by atoms with van der Waals surface area (Å²) in [7, 11) is 0. The first-order valence-corrected chi connectivity index (χ1v) is 8.52. The maximum atomic E-state index is 12.4. The highest BCUT2D eigenvalue weighted by molar-refractivity contribution is 5.86. The minimum absolute atomic E-state index is 0.0706. The van der Waals surface area contributed by atoms with Gasteiger partial charge in [-0.3, -0.25) is 4.79 Å². The van der Waals surface area contributed by atoms with E-state index in [-0.39, 0.29) is 17.8 Å². The van der Waals surface area contributed by atoms with Gasteiger partial charge < -0.3 is 9.15 Å². The predicted molar refractivity (Wildman–Crippen MR) is 100 cm³/mol. The van der Waals surface area contributed by atoms with Gasteiger partial charge >= 0.3 is 5.97 Å². The van der Waals surface area contributed by atoms with Crippen LogP contribution in [0.1, 0.15) is 43.0 Å². The molecule has 0 saturated carbocycles. The quantitative estimate of drug-likeness (QED) is 0.468. The standard InChI is InChI=1S/C22H24O3/c1-14-6-8-18-16(13-24-20(18)10-14)12-21(23)25-19-9-7-17(11-15(19)2)22(3,4)5/h6-11,13H,12H2,1-5H3. The van der Waals surface area contributed by atoms with Crippen LogP contribution in [0.2, 0.25) is 0 Å². The van der Waals surface area contributed by atoms with Crippen molar-refractivity contribution in [1.29, 1.82) is 0 Å². The molecule has 25 heavy (non-hydrogen) atoms.